The number of amides is 1. The van der Waals surface area contributed by atoms with E-state index in [9.17, 15) is 19.5 Å². The Balaban J connectivity index is 1.65. The third-order valence-electron chi connectivity index (χ3n) is 7.66. The Bertz CT molecular complexity index is 1710. The molecule has 242 valence electrons. The standard InChI is InChI=1S/C35H38N2O8S/c1-7-14-44-34(41)32-21(6)36-35(46-32)37-29(22-9-12-26(27(18-22)42-8-2)43-15-13-19(3)4)28(31(39)33(37)40)30(38)23-10-11-25-24(17-23)16-20(5)45-25/h7,9-12,17-20,29,38H,1,8,13-16H2,2-6H3/b30-28+/t20-,29-/m1/s1. The van der Waals surface area contributed by atoms with Gasteiger partial charge in [0, 0.05) is 12.0 Å². The molecule has 0 radical (unpaired) electrons. The average Bonchev–Trinajstić information content (AvgIpc) is 3.67. The van der Waals surface area contributed by atoms with E-state index in [2.05, 4.69) is 25.4 Å². The fourth-order valence-corrected chi connectivity index (χ4v) is 6.42. The van der Waals surface area contributed by atoms with Crippen molar-refractivity contribution < 1.29 is 38.4 Å². The van der Waals surface area contributed by atoms with E-state index < -0.39 is 23.7 Å². The Labute approximate surface area is 272 Å². The van der Waals surface area contributed by atoms with Gasteiger partial charge in [0.15, 0.2) is 16.6 Å². The van der Waals surface area contributed by atoms with E-state index in [0.717, 1.165) is 23.3 Å². The number of aryl methyl sites for hydroxylation is 1. The lowest BCUT2D eigenvalue weighted by Crippen LogP contribution is -2.29. The molecule has 46 heavy (non-hydrogen) atoms. The van der Waals surface area contributed by atoms with E-state index in [1.165, 1.54) is 11.0 Å². The van der Waals surface area contributed by atoms with E-state index in [4.69, 9.17) is 18.9 Å². The van der Waals surface area contributed by atoms with Crippen molar-refractivity contribution in [1.82, 2.24) is 4.98 Å². The maximum atomic E-state index is 13.8. The van der Waals surface area contributed by atoms with Gasteiger partial charge in [-0.2, -0.15) is 0 Å². The first kappa shape index (κ1) is 32.7. The molecule has 2 aromatic carbocycles. The number of esters is 1. The highest BCUT2D eigenvalue weighted by atomic mass is 32.1. The Morgan fingerprint density at radius 2 is 1.98 bits per heavy atom. The van der Waals surface area contributed by atoms with Gasteiger partial charge in [0.1, 0.15) is 29.1 Å². The summed E-state index contributed by atoms with van der Waals surface area (Å²) >= 11 is 0.933. The molecule has 1 fully saturated rings. The van der Waals surface area contributed by atoms with Crippen LogP contribution in [0.2, 0.25) is 0 Å². The Hall–Kier alpha value is -4.64. The van der Waals surface area contributed by atoms with Gasteiger partial charge in [-0.25, -0.2) is 9.78 Å². The molecule has 2 atom stereocenters. The zero-order valence-electron chi connectivity index (χ0n) is 26.6. The molecule has 0 unspecified atom stereocenters. The zero-order chi connectivity index (χ0) is 33.1. The summed E-state index contributed by atoms with van der Waals surface area (Å²) in [7, 11) is 0. The van der Waals surface area contributed by atoms with Gasteiger partial charge in [0.2, 0.25) is 0 Å². The molecule has 3 aromatic rings. The van der Waals surface area contributed by atoms with E-state index >= 15 is 0 Å². The summed E-state index contributed by atoms with van der Waals surface area (Å²) in [5, 5.41) is 11.8. The number of thiazole rings is 1. The maximum Gasteiger partial charge on any atom is 0.350 e. The van der Waals surface area contributed by atoms with Gasteiger partial charge in [0.05, 0.1) is 30.5 Å². The van der Waals surface area contributed by atoms with E-state index in [0.29, 0.717) is 59.6 Å². The average molecular weight is 647 g/mol. The number of Topliss-reactive ketones (excluding diaryl/α,β-unsaturated/α-hetero) is 1. The van der Waals surface area contributed by atoms with Crippen molar-refractivity contribution in [3.8, 4) is 17.2 Å². The summed E-state index contributed by atoms with van der Waals surface area (Å²) in [6, 6.07) is 9.29. The van der Waals surface area contributed by atoms with Crippen LogP contribution in [0.3, 0.4) is 0 Å². The number of aliphatic hydroxyl groups excluding tert-OH is 1. The van der Waals surface area contributed by atoms with Crippen LogP contribution in [0.15, 0.2) is 54.6 Å². The molecular weight excluding hydrogens is 608 g/mol. The number of rotatable bonds is 12. The first-order chi connectivity index (χ1) is 22.0. The fourth-order valence-electron chi connectivity index (χ4n) is 5.43. The number of carbonyl (C=O) groups is 3. The van der Waals surface area contributed by atoms with Crippen LogP contribution in [0, 0.1) is 12.8 Å². The minimum atomic E-state index is -1.09. The number of aliphatic hydroxyl groups is 1. The monoisotopic (exact) mass is 646 g/mol. The SMILES string of the molecule is C=CCOC(=O)c1sc(N2C(=O)C(=O)/C(=C(/O)c3ccc4c(c3)C[C@@H](C)O4)[C@H]2c2ccc(OCCC(C)C)c(OCC)c2)nc1C. The highest BCUT2D eigenvalue weighted by Crippen LogP contribution is 2.46. The maximum absolute atomic E-state index is 13.8. The van der Waals surface area contributed by atoms with Crippen LogP contribution < -0.4 is 19.1 Å². The number of aromatic nitrogens is 1. The topological polar surface area (TPSA) is 124 Å². The lowest BCUT2D eigenvalue weighted by atomic mass is 9.94. The molecule has 0 bridgehead atoms. The summed E-state index contributed by atoms with van der Waals surface area (Å²) in [5.41, 5.74) is 1.98. The van der Waals surface area contributed by atoms with Gasteiger partial charge in [0.25, 0.3) is 5.78 Å². The van der Waals surface area contributed by atoms with Crippen LogP contribution in [0.1, 0.15) is 72.2 Å². The number of anilines is 1. The van der Waals surface area contributed by atoms with Gasteiger partial charge >= 0.3 is 11.9 Å². The van der Waals surface area contributed by atoms with Crippen molar-refractivity contribution in [3.63, 3.8) is 0 Å². The highest BCUT2D eigenvalue weighted by Gasteiger charge is 2.49. The smallest absolute Gasteiger partial charge is 0.350 e. The molecule has 2 aliphatic rings. The van der Waals surface area contributed by atoms with Crippen LogP contribution in [0.5, 0.6) is 17.2 Å². The summed E-state index contributed by atoms with van der Waals surface area (Å²) in [5.74, 6) is -0.608. The number of nitrogens with zero attached hydrogens (tertiary/aromatic N) is 2. The van der Waals surface area contributed by atoms with Crippen molar-refractivity contribution >= 4 is 39.9 Å². The molecule has 1 amide bonds. The summed E-state index contributed by atoms with van der Waals surface area (Å²) in [6.07, 6.45) is 2.93. The lowest BCUT2D eigenvalue weighted by Gasteiger charge is -2.24. The Morgan fingerprint density at radius 1 is 1.20 bits per heavy atom. The summed E-state index contributed by atoms with van der Waals surface area (Å²) in [6.45, 7) is 14.1. The third-order valence-corrected chi connectivity index (χ3v) is 8.80. The van der Waals surface area contributed by atoms with E-state index in [1.54, 1.807) is 43.3 Å². The van der Waals surface area contributed by atoms with Crippen molar-refractivity contribution in [2.45, 2.75) is 59.6 Å². The van der Waals surface area contributed by atoms with E-state index in [1.807, 2.05) is 13.8 Å². The number of carbonyl (C=O) groups excluding carboxylic acids is 3. The minimum Gasteiger partial charge on any atom is -0.507 e. The number of ketones is 1. The molecule has 1 aromatic heterocycles. The Kier molecular flexibility index (Phi) is 9.81. The van der Waals surface area contributed by atoms with E-state index in [-0.39, 0.29) is 34.1 Å². The first-order valence-electron chi connectivity index (χ1n) is 15.3. The molecule has 1 saturated heterocycles. The molecule has 0 saturated carbocycles. The molecule has 1 N–H and O–H groups in total. The molecule has 2 aliphatic heterocycles. The van der Waals surface area contributed by atoms with Crippen LogP contribution in [0.25, 0.3) is 5.76 Å². The van der Waals surface area contributed by atoms with Crippen LogP contribution in [-0.4, -0.2) is 53.7 Å². The van der Waals surface area contributed by atoms with Gasteiger partial charge in [-0.3, -0.25) is 14.5 Å². The van der Waals surface area contributed by atoms with Gasteiger partial charge < -0.3 is 24.1 Å². The molecule has 11 heteroatoms. The van der Waals surface area contributed by atoms with Crippen LogP contribution in [-0.2, 0) is 20.7 Å². The van der Waals surface area contributed by atoms with Gasteiger partial charge in [-0.15, -0.1) is 0 Å². The molecule has 0 aliphatic carbocycles. The molecule has 10 nitrogen and oxygen atoms in total. The first-order valence-corrected chi connectivity index (χ1v) is 16.1. The van der Waals surface area contributed by atoms with Crippen molar-refractivity contribution in [1.29, 1.82) is 0 Å². The second-order valence-electron chi connectivity index (χ2n) is 11.6. The largest absolute Gasteiger partial charge is 0.507 e. The quantitative estimate of drug-likeness (QED) is 0.0765. The summed E-state index contributed by atoms with van der Waals surface area (Å²) in [4.78, 5) is 46.3. The number of ether oxygens (including phenoxy) is 4. The lowest BCUT2D eigenvalue weighted by molar-refractivity contribution is -0.132. The fraction of sp³-hybridized carbons (Fsp3) is 0.371. The molecule has 3 heterocycles. The number of fused-ring (bicyclic) bond motifs is 1. The van der Waals surface area contributed by atoms with Crippen LogP contribution >= 0.6 is 11.3 Å². The van der Waals surface area contributed by atoms with Gasteiger partial charge in [-0.1, -0.05) is 43.9 Å². The second kappa shape index (κ2) is 13.8. The Morgan fingerprint density at radius 3 is 2.70 bits per heavy atom. The van der Waals surface area contributed by atoms with Crippen molar-refractivity contribution in [3.05, 3.63) is 81.9 Å². The predicted molar refractivity (Wildman–Crippen MR) is 175 cm³/mol. The normalized spacial score (nSPS) is 18.4. The number of hydrogen-bond acceptors (Lipinski definition) is 10. The second-order valence-corrected chi connectivity index (χ2v) is 12.6. The van der Waals surface area contributed by atoms with Crippen LogP contribution in [0.4, 0.5) is 5.13 Å². The third kappa shape index (κ3) is 6.50. The highest BCUT2D eigenvalue weighted by molar-refractivity contribution is 7.17. The molecular formula is C35H38N2O8S. The zero-order valence-corrected chi connectivity index (χ0v) is 27.4. The number of hydrogen-bond donors (Lipinski definition) is 1. The molecule has 5 rings (SSSR count). The van der Waals surface area contributed by atoms with Crippen molar-refractivity contribution in [2.24, 2.45) is 5.92 Å². The summed E-state index contributed by atoms with van der Waals surface area (Å²) < 4.78 is 23.0. The number of benzene rings is 2. The van der Waals surface area contributed by atoms with Gasteiger partial charge in [-0.05, 0) is 74.6 Å². The molecule has 0 spiro atoms. The van der Waals surface area contributed by atoms with Crippen molar-refractivity contribution in [2.75, 3.05) is 24.7 Å². The minimum absolute atomic E-state index is 0.00636. The predicted octanol–water partition coefficient (Wildman–Crippen LogP) is 6.57.